The Hall–Kier alpha value is -0.910. The van der Waals surface area contributed by atoms with Crippen molar-refractivity contribution in [2.45, 2.75) is 13.5 Å². The minimum atomic E-state index is 0.104. The van der Waals surface area contributed by atoms with Crippen LogP contribution in [0, 0.1) is 6.92 Å². The van der Waals surface area contributed by atoms with Crippen LogP contribution in [0.25, 0.3) is 0 Å². The van der Waals surface area contributed by atoms with Crippen molar-refractivity contribution in [1.29, 1.82) is 0 Å². The average molecular weight is 256 g/mol. The number of hydrogen-bond donors (Lipinski definition) is 1. The predicted molar refractivity (Wildman–Crippen MR) is 70.3 cm³/mol. The van der Waals surface area contributed by atoms with Gasteiger partial charge in [0, 0.05) is 30.5 Å². The van der Waals surface area contributed by atoms with Crippen LogP contribution in [-0.2, 0) is 16.1 Å². The van der Waals surface area contributed by atoms with Gasteiger partial charge >= 0.3 is 0 Å². The molecule has 96 valence electrons. The maximum atomic E-state index is 11.7. The van der Waals surface area contributed by atoms with Gasteiger partial charge in [-0.1, -0.05) is 0 Å². The molecule has 0 saturated heterocycles. The monoisotopic (exact) mass is 256 g/mol. The van der Waals surface area contributed by atoms with Gasteiger partial charge in [-0.25, -0.2) is 0 Å². The zero-order chi connectivity index (χ0) is 12.7. The fraction of sp³-hybridized carbons (Fsp3) is 0.583. The normalized spacial score (nSPS) is 10.5. The van der Waals surface area contributed by atoms with Gasteiger partial charge in [-0.15, -0.1) is 11.3 Å². The lowest BCUT2D eigenvalue weighted by Crippen LogP contribution is -2.36. The Labute approximate surface area is 107 Å². The molecule has 1 rings (SSSR count). The summed E-state index contributed by atoms with van der Waals surface area (Å²) >= 11 is 1.73. The first kappa shape index (κ1) is 14.2. The van der Waals surface area contributed by atoms with Gasteiger partial charge in [0.1, 0.15) is 0 Å². The molecule has 17 heavy (non-hydrogen) atoms. The van der Waals surface area contributed by atoms with Gasteiger partial charge in [0.2, 0.25) is 5.91 Å². The van der Waals surface area contributed by atoms with Crippen LogP contribution in [0.15, 0.2) is 12.1 Å². The minimum Gasteiger partial charge on any atom is -0.383 e. The highest BCUT2D eigenvalue weighted by atomic mass is 32.1. The van der Waals surface area contributed by atoms with E-state index in [0.717, 1.165) is 0 Å². The van der Waals surface area contributed by atoms with E-state index in [1.165, 1.54) is 9.75 Å². The number of likely N-dealkylation sites (N-methyl/N-ethyl adjacent to an activating group) is 1. The smallest absolute Gasteiger partial charge is 0.236 e. The van der Waals surface area contributed by atoms with Crippen LogP contribution in [0.1, 0.15) is 9.75 Å². The summed E-state index contributed by atoms with van der Waals surface area (Å²) in [6.45, 7) is 4.45. The molecule has 1 heterocycles. The van der Waals surface area contributed by atoms with Gasteiger partial charge in [-0.3, -0.25) is 4.79 Å². The van der Waals surface area contributed by atoms with Gasteiger partial charge in [-0.05, 0) is 19.1 Å². The number of rotatable bonds is 7. The highest BCUT2D eigenvalue weighted by Gasteiger charge is 2.09. The lowest BCUT2D eigenvalue weighted by Gasteiger charge is -2.16. The molecule has 0 fully saturated rings. The van der Waals surface area contributed by atoms with Crippen molar-refractivity contribution in [3.63, 3.8) is 0 Å². The molecule has 5 heteroatoms. The zero-order valence-electron chi connectivity index (χ0n) is 10.7. The van der Waals surface area contributed by atoms with Crippen LogP contribution >= 0.6 is 11.3 Å². The Morgan fingerprint density at radius 3 is 2.88 bits per heavy atom. The van der Waals surface area contributed by atoms with E-state index in [2.05, 4.69) is 24.4 Å². The van der Waals surface area contributed by atoms with Gasteiger partial charge in [0.25, 0.3) is 0 Å². The Kier molecular flexibility index (Phi) is 6.18. The maximum absolute atomic E-state index is 11.7. The SMILES string of the molecule is COCCNCC(=O)N(C)Cc1ccc(C)s1. The van der Waals surface area contributed by atoms with E-state index in [0.29, 0.717) is 26.2 Å². The largest absolute Gasteiger partial charge is 0.383 e. The molecular weight excluding hydrogens is 236 g/mol. The number of methoxy groups -OCH3 is 1. The Balaban J connectivity index is 2.27. The third-order valence-electron chi connectivity index (χ3n) is 2.37. The van der Waals surface area contributed by atoms with Crippen molar-refractivity contribution in [2.75, 3.05) is 33.9 Å². The molecule has 0 bridgehead atoms. The van der Waals surface area contributed by atoms with Crippen molar-refractivity contribution in [2.24, 2.45) is 0 Å². The highest BCUT2D eigenvalue weighted by molar-refractivity contribution is 7.11. The van der Waals surface area contributed by atoms with Crippen LogP contribution in [-0.4, -0.2) is 44.7 Å². The van der Waals surface area contributed by atoms with E-state index in [1.54, 1.807) is 23.3 Å². The number of aryl methyl sites for hydroxylation is 1. The number of thiophene rings is 1. The summed E-state index contributed by atoms with van der Waals surface area (Å²) in [5.41, 5.74) is 0. The summed E-state index contributed by atoms with van der Waals surface area (Å²) in [6.07, 6.45) is 0. The Morgan fingerprint density at radius 1 is 1.53 bits per heavy atom. The molecule has 0 radical (unpaired) electrons. The number of carbonyl (C=O) groups is 1. The molecule has 0 aromatic carbocycles. The van der Waals surface area contributed by atoms with Crippen LogP contribution in [0.4, 0.5) is 0 Å². The highest BCUT2D eigenvalue weighted by Crippen LogP contribution is 2.16. The summed E-state index contributed by atoms with van der Waals surface area (Å²) < 4.78 is 4.90. The second-order valence-corrected chi connectivity index (χ2v) is 5.30. The summed E-state index contributed by atoms with van der Waals surface area (Å²) in [7, 11) is 3.48. The molecule has 1 N–H and O–H groups in total. The molecule has 0 aliphatic carbocycles. The molecule has 0 aliphatic heterocycles. The van der Waals surface area contributed by atoms with E-state index in [4.69, 9.17) is 4.74 Å². The quantitative estimate of drug-likeness (QED) is 0.747. The average Bonchev–Trinajstić information content (AvgIpc) is 2.70. The van der Waals surface area contributed by atoms with Gasteiger partial charge < -0.3 is 15.0 Å². The summed E-state index contributed by atoms with van der Waals surface area (Å²) in [4.78, 5) is 16.0. The Bertz CT molecular complexity index is 352. The van der Waals surface area contributed by atoms with Crippen molar-refractivity contribution in [3.05, 3.63) is 21.9 Å². The topological polar surface area (TPSA) is 41.6 Å². The lowest BCUT2D eigenvalue weighted by atomic mass is 10.4. The number of hydrogen-bond acceptors (Lipinski definition) is 4. The van der Waals surface area contributed by atoms with Gasteiger partial charge in [-0.2, -0.15) is 0 Å². The third kappa shape index (κ3) is 5.30. The molecule has 0 aliphatic rings. The number of carbonyl (C=O) groups excluding carboxylic acids is 1. The second-order valence-electron chi connectivity index (χ2n) is 3.93. The van der Waals surface area contributed by atoms with Gasteiger partial charge in [0.05, 0.1) is 19.7 Å². The van der Waals surface area contributed by atoms with Crippen LogP contribution in [0.5, 0.6) is 0 Å². The van der Waals surface area contributed by atoms with Gasteiger partial charge in [0.15, 0.2) is 0 Å². The molecule has 1 amide bonds. The van der Waals surface area contributed by atoms with Crippen molar-refractivity contribution in [3.8, 4) is 0 Å². The zero-order valence-corrected chi connectivity index (χ0v) is 11.5. The fourth-order valence-corrected chi connectivity index (χ4v) is 2.34. The number of nitrogens with one attached hydrogen (secondary N) is 1. The first-order valence-electron chi connectivity index (χ1n) is 5.62. The van der Waals surface area contributed by atoms with Crippen LogP contribution in [0.3, 0.4) is 0 Å². The van der Waals surface area contributed by atoms with E-state index in [9.17, 15) is 4.79 Å². The maximum Gasteiger partial charge on any atom is 0.236 e. The molecule has 0 saturated carbocycles. The summed E-state index contributed by atoms with van der Waals surface area (Å²) in [5, 5.41) is 3.05. The van der Waals surface area contributed by atoms with Crippen molar-refractivity contribution >= 4 is 17.2 Å². The van der Waals surface area contributed by atoms with Crippen molar-refractivity contribution in [1.82, 2.24) is 10.2 Å². The standard InChI is InChI=1S/C12H20N2O2S/c1-10-4-5-11(17-10)9-14(2)12(15)8-13-6-7-16-3/h4-5,13H,6-9H2,1-3H3. The number of nitrogens with zero attached hydrogens (tertiary/aromatic N) is 1. The molecule has 0 spiro atoms. The molecule has 0 atom stereocenters. The second kappa shape index (κ2) is 7.42. The molecule has 1 aromatic heterocycles. The van der Waals surface area contributed by atoms with E-state index in [1.807, 2.05) is 7.05 Å². The molecule has 0 unspecified atom stereocenters. The van der Waals surface area contributed by atoms with Crippen LogP contribution in [0.2, 0.25) is 0 Å². The van der Waals surface area contributed by atoms with Crippen molar-refractivity contribution < 1.29 is 9.53 Å². The molecule has 4 nitrogen and oxygen atoms in total. The number of ether oxygens (including phenoxy) is 1. The Morgan fingerprint density at radius 2 is 2.29 bits per heavy atom. The fourth-order valence-electron chi connectivity index (χ4n) is 1.40. The lowest BCUT2D eigenvalue weighted by molar-refractivity contribution is -0.129. The summed E-state index contributed by atoms with van der Waals surface area (Å²) in [6, 6.07) is 4.15. The van der Waals surface area contributed by atoms with E-state index in [-0.39, 0.29) is 5.91 Å². The van der Waals surface area contributed by atoms with E-state index >= 15 is 0 Å². The third-order valence-corrected chi connectivity index (χ3v) is 3.36. The molecular formula is C12H20N2O2S. The predicted octanol–water partition coefficient (Wildman–Crippen LogP) is 1.25. The van der Waals surface area contributed by atoms with E-state index < -0.39 is 0 Å². The summed E-state index contributed by atoms with van der Waals surface area (Å²) in [5.74, 6) is 0.104. The first-order valence-corrected chi connectivity index (χ1v) is 6.44. The molecule has 1 aromatic rings. The van der Waals surface area contributed by atoms with Crippen LogP contribution < -0.4 is 5.32 Å². The first-order chi connectivity index (χ1) is 8.13. The number of amides is 1. The minimum absolute atomic E-state index is 0.104.